The molecular formula is C24H24N4O2. The molecule has 152 valence electrons. The summed E-state index contributed by atoms with van der Waals surface area (Å²) in [5.41, 5.74) is 3.15. The molecule has 1 N–H and O–H groups in total. The Labute approximate surface area is 175 Å². The lowest BCUT2D eigenvalue weighted by molar-refractivity contribution is -0.120. The number of hydrogen-bond donors (Lipinski definition) is 1. The lowest BCUT2D eigenvalue weighted by Crippen LogP contribution is -2.38. The molecule has 0 aliphatic carbocycles. The van der Waals surface area contributed by atoms with Crippen LogP contribution in [0.4, 0.5) is 11.5 Å². The fourth-order valence-corrected chi connectivity index (χ4v) is 3.69. The summed E-state index contributed by atoms with van der Waals surface area (Å²) in [6.45, 7) is 3.03. The molecule has 0 atom stereocenters. The van der Waals surface area contributed by atoms with E-state index in [0.29, 0.717) is 11.3 Å². The molecule has 2 aromatic carbocycles. The fraction of sp³-hybridized carbons (Fsp3) is 0.250. The van der Waals surface area contributed by atoms with Gasteiger partial charge in [-0.2, -0.15) is 0 Å². The molecule has 1 aliphatic heterocycles. The summed E-state index contributed by atoms with van der Waals surface area (Å²) in [4.78, 5) is 26.3. The Hall–Kier alpha value is -3.54. The van der Waals surface area contributed by atoms with E-state index in [1.54, 1.807) is 18.2 Å². The molecule has 6 heteroatoms. The third-order valence-electron chi connectivity index (χ3n) is 5.45. The van der Waals surface area contributed by atoms with Crippen molar-refractivity contribution in [1.82, 2.24) is 10.2 Å². The van der Waals surface area contributed by atoms with Gasteiger partial charge in [0.1, 0.15) is 0 Å². The fourth-order valence-electron chi connectivity index (χ4n) is 3.69. The first-order valence-corrected chi connectivity index (χ1v) is 10.2. The quantitative estimate of drug-likeness (QED) is 0.650. The Kier molecular flexibility index (Phi) is 5.84. The largest absolute Gasteiger partial charge is 0.355 e. The van der Waals surface area contributed by atoms with E-state index in [9.17, 15) is 9.59 Å². The van der Waals surface area contributed by atoms with Crippen molar-refractivity contribution in [2.75, 3.05) is 23.3 Å². The lowest BCUT2D eigenvalue weighted by Gasteiger charge is -2.31. The highest BCUT2D eigenvalue weighted by molar-refractivity contribution is 5.97. The van der Waals surface area contributed by atoms with Gasteiger partial charge in [-0.25, -0.2) is 0 Å². The van der Waals surface area contributed by atoms with Crippen LogP contribution in [-0.2, 0) is 4.79 Å². The predicted molar refractivity (Wildman–Crippen MR) is 117 cm³/mol. The number of rotatable bonds is 5. The second kappa shape index (κ2) is 8.86. The van der Waals surface area contributed by atoms with Gasteiger partial charge >= 0.3 is 0 Å². The Morgan fingerprint density at radius 1 is 0.933 bits per heavy atom. The molecule has 0 unspecified atom stereocenters. The number of aromatic nitrogens is 2. The molecule has 0 spiro atoms. The summed E-state index contributed by atoms with van der Waals surface area (Å²) < 4.78 is 0. The van der Waals surface area contributed by atoms with Crippen molar-refractivity contribution in [3.8, 4) is 11.3 Å². The van der Waals surface area contributed by atoms with E-state index in [0.717, 1.165) is 43.0 Å². The normalized spacial score (nSPS) is 14.4. The third kappa shape index (κ3) is 4.54. The third-order valence-corrected chi connectivity index (χ3v) is 5.45. The van der Waals surface area contributed by atoms with Crippen molar-refractivity contribution in [3.63, 3.8) is 0 Å². The highest BCUT2D eigenvalue weighted by atomic mass is 16.2. The van der Waals surface area contributed by atoms with Crippen LogP contribution < -0.4 is 10.2 Å². The summed E-state index contributed by atoms with van der Waals surface area (Å²) in [6.07, 6.45) is 1.50. The standard InChI is InChI=1S/C24H24N4O2/c1-17(29)20-8-5-9-21(16-20)25-24(30)19-12-14-28(15-13-19)23-11-10-22(26-27-23)18-6-3-2-4-7-18/h2-11,16,19H,12-15H2,1H3,(H,25,30). The van der Waals surface area contributed by atoms with Gasteiger partial charge in [-0.3, -0.25) is 9.59 Å². The topological polar surface area (TPSA) is 75.2 Å². The van der Waals surface area contributed by atoms with Crippen LogP contribution in [-0.4, -0.2) is 35.0 Å². The number of Topliss-reactive ketones (excluding diaryl/α,β-unsaturated/α-hetero) is 1. The number of nitrogens with zero attached hydrogens (tertiary/aromatic N) is 3. The van der Waals surface area contributed by atoms with Crippen molar-refractivity contribution < 1.29 is 9.59 Å². The zero-order valence-corrected chi connectivity index (χ0v) is 16.9. The van der Waals surface area contributed by atoms with Gasteiger partial charge in [0.15, 0.2) is 11.6 Å². The zero-order chi connectivity index (χ0) is 20.9. The molecular weight excluding hydrogens is 376 g/mol. The molecule has 1 amide bonds. The van der Waals surface area contributed by atoms with Crippen molar-refractivity contribution in [2.45, 2.75) is 19.8 Å². The average molecular weight is 400 g/mol. The first-order chi connectivity index (χ1) is 14.6. The van der Waals surface area contributed by atoms with E-state index in [-0.39, 0.29) is 17.6 Å². The minimum Gasteiger partial charge on any atom is -0.355 e. The monoisotopic (exact) mass is 400 g/mol. The second-order valence-corrected chi connectivity index (χ2v) is 7.53. The van der Waals surface area contributed by atoms with Gasteiger partial charge in [0.25, 0.3) is 0 Å². The molecule has 1 saturated heterocycles. The number of amides is 1. The molecule has 2 heterocycles. The molecule has 4 rings (SSSR count). The van der Waals surface area contributed by atoms with Crippen LogP contribution >= 0.6 is 0 Å². The minimum absolute atomic E-state index is 0.000798. The molecule has 0 bridgehead atoms. The van der Waals surface area contributed by atoms with Crippen LogP contribution in [0.1, 0.15) is 30.1 Å². The summed E-state index contributed by atoms with van der Waals surface area (Å²) in [7, 11) is 0. The molecule has 6 nitrogen and oxygen atoms in total. The number of anilines is 2. The number of piperidine rings is 1. The number of nitrogens with one attached hydrogen (secondary N) is 1. The van der Waals surface area contributed by atoms with Crippen molar-refractivity contribution in [2.24, 2.45) is 5.92 Å². The van der Waals surface area contributed by atoms with E-state index in [2.05, 4.69) is 20.4 Å². The van der Waals surface area contributed by atoms with Gasteiger partial charge in [-0.15, -0.1) is 10.2 Å². The van der Waals surface area contributed by atoms with Crippen LogP contribution in [0.5, 0.6) is 0 Å². The van der Waals surface area contributed by atoms with E-state index >= 15 is 0 Å². The summed E-state index contributed by atoms with van der Waals surface area (Å²) >= 11 is 0. The van der Waals surface area contributed by atoms with Crippen molar-refractivity contribution in [1.29, 1.82) is 0 Å². The van der Waals surface area contributed by atoms with Crippen LogP contribution in [0, 0.1) is 5.92 Å². The molecule has 1 aromatic heterocycles. The van der Waals surface area contributed by atoms with Crippen LogP contribution in [0.3, 0.4) is 0 Å². The number of hydrogen-bond acceptors (Lipinski definition) is 5. The molecule has 1 fully saturated rings. The highest BCUT2D eigenvalue weighted by Gasteiger charge is 2.26. The average Bonchev–Trinajstić information content (AvgIpc) is 2.80. The Balaban J connectivity index is 1.34. The van der Waals surface area contributed by atoms with Gasteiger partial charge in [0.2, 0.25) is 5.91 Å². The lowest BCUT2D eigenvalue weighted by atomic mass is 9.95. The SMILES string of the molecule is CC(=O)c1cccc(NC(=O)C2CCN(c3ccc(-c4ccccc4)nn3)CC2)c1. The molecule has 3 aromatic rings. The predicted octanol–water partition coefficient (Wildman–Crippen LogP) is 4.20. The van der Waals surface area contributed by atoms with E-state index in [1.165, 1.54) is 6.92 Å². The molecule has 0 radical (unpaired) electrons. The first-order valence-electron chi connectivity index (χ1n) is 10.2. The van der Waals surface area contributed by atoms with E-state index in [1.807, 2.05) is 48.5 Å². The highest BCUT2D eigenvalue weighted by Crippen LogP contribution is 2.24. The maximum atomic E-state index is 12.7. The van der Waals surface area contributed by atoms with Crippen molar-refractivity contribution in [3.05, 3.63) is 72.3 Å². The van der Waals surface area contributed by atoms with Crippen LogP contribution in [0.2, 0.25) is 0 Å². The Morgan fingerprint density at radius 3 is 2.37 bits per heavy atom. The molecule has 1 aliphatic rings. The second-order valence-electron chi connectivity index (χ2n) is 7.53. The zero-order valence-electron chi connectivity index (χ0n) is 16.9. The molecule has 0 saturated carbocycles. The van der Waals surface area contributed by atoms with E-state index < -0.39 is 0 Å². The smallest absolute Gasteiger partial charge is 0.227 e. The number of ketones is 1. The summed E-state index contributed by atoms with van der Waals surface area (Å²) in [5.74, 6) is 0.765. The van der Waals surface area contributed by atoms with Gasteiger partial charge < -0.3 is 10.2 Å². The number of benzene rings is 2. The molecule has 30 heavy (non-hydrogen) atoms. The number of carbonyl (C=O) groups excluding carboxylic acids is 2. The Bertz CT molecular complexity index is 1030. The van der Waals surface area contributed by atoms with Crippen LogP contribution in [0.25, 0.3) is 11.3 Å². The first kappa shape index (κ1) is 19.8. The van der Waals surface area contributed by atoms with Gasteiger partial charge in [0, 0.05) is 35.8 Å². The maximum Gasteiger partial charge on any atom is 0.227 e. The van der Waals surface area contributed by atoms with E-state index in [4.69, 9.17) is 0 Å². The number of carbonyl (C=O) groups is 2. The van der Waals surface area contributed by atoms with Crippen molar-refractivity contribution >= 4 is 23.2 Å². The van der Waals surface area contributed by atoms with Gasteiger partial charge in [-0.1, -0.05) is 42.5 Å². The summed E-state index contributed by atoms with van der Waals surface area (Å²) in [6, 6.07) is 21.0. The van der Waals surface area contributed by atoms with Crippen LogP contribution in [0.15, 0.2) is 66.7 Å². The maximum absolute atomic E-state index is 12.7. The van der Waals surface area contributed by atoms with Gasteiger partial charge in [-0.05, 0) is 44.0 Å². The van der Waals surface area contributed by atoms with Gasteiger partial charge in [0.05, 0.1) is 5.69 Å². The minimum atomic E-state index is -0.0567. The Morgan fingerprint density at radius 2 is 1.70 bits per heavy atom. The summed E-state index contributed by atoms with van der Waals surface area (Å²) in [5, 5.41) is 11.7.